The Balaban J connectivity index is 1.01. The van der Waals surface area contributed by atoms with Crippen LogP contribution in [0.1, 0.15) is 33.4 Å². The molecule has 0 saturated heterocycles. The number of hydrogen-bond donors (Lipinski definition) is 0. The van der Waals surface area contributed by atoms with E-state index < -0.39 is 0 Å². The molecule has 2 aliphatic heterocycles. The van der Waals surface area contributed by atoms with E-state index in [9.17, 15) is 0 Å². The molecule has 0 bridgehead atoms. The second kappa shape index (κ2) is 17.6. The lowest BCUT2D eigenvalue weighted by Crippen LogP contribution is -2.21. The fourth-order valence-electron chi connectivity index (χ4n) is 11.2. The van der Waals surface area contributed by atoms with Crippen LogP contribution in [0.5, 0.6) is 23.0 Å². The molecular formula is C62H56N8O2. The van der Waals surface area contributed by atoms with Gasteiger partial charge in [0, 0.05) is 97.7 Å². The van der Waals surface area contributed by atoms with Gasteiger partial charge in [0.15, 0.2) is 0 Å². The smallest absolute Gasteiger partial charge is 0.137 e. The lowest BCUT2D eigenvalue weighted by molar-refractivity contribution is 0.481. The molecule has 72 heavy (non-hydrogen) atoms. The molecule has 6 aromatic carbocycles. The van der Waals surface area contributed by atoms with Gasteiger partial charge in [0.05, 0.1) is 35.4 Å². The maximum atomic E-state index is 6.98. The Kier molecular flexibility index (Phi) is 10.9. The Labute approximate surface area is 420 Å². The predicted molar refractivity (Wildman–Crippen MR) is 294 cm³/mol. The summed E-state index contributed by atoms with van der Waals surface area (Å²) in [7, 11) is 4.18. The molecule has 356 valence electrons. The highest BCUT2D eigenvalue weighted by atomic mass is 16.5. The molecule has 10 nitrogen and oxygen atoms in total. The Morgan fingerprint density at radius 1 is 0.417 bits per heavy atom. The van der Waals surface area contributed by atoms with Crippen LogP contribution in [0.4, 0.5) is 11.4 Å². The van der Waals surface area contributed by atoms with Crippen LogP contribution in [-0.4, -0.2) is 56.3 Å². The fourth-order valence-corrected chi connectivity index (χ4v) is 11.2. The number of benzene rings is 6. The van der Waals surface area contributed by atoms with E-state index >= 15 is 0 Å². The fraction of sp³-hybridized carbons (Fsp3) is 0.161. The number of pyridine rings is 2. The summed E-state index contributed by atoms with van der Waals surface area (Å²) < 4.78 is 18.5. The first kappa shape index (κ1) is 44.4. The monoisotopic (exact) mass is 944 g/mol. The van der Waals surface area contributed by atoms with Gasteiger partial charge in [-0.15, -0.1) is 0 Å². The summed E-state index contributed by atoms with van der Waals surface area (Å²) >= 11 is 0. The molecule has 10 aromatic rings. The Hall–Kier alpha value is -8.76. The van der Waals surface area contributed by atoms with Crippen molar-refractivity contribution in [1.82, 2.24) is 28.9 Å². The van der Waals surface area contributed by atoms with Crippen molar-refractivity contribution in [3.05, 3.63) is 204 Å². The van der Waals surface area contributed by atoms with Crippen molar-refractivity contribution < 1.29 is 9.47 Å². The summed E-state index contributed by atoms with van der Waals surface area (Å²) in [4.78, 5) is 18.8. The zero-order valence-electron chi connectivity index (χ0n) is 42.0. The van der Waals surface area contributed by atoms with Crippen molar-refractivity contribution in [2.45, 2.75) is 41.5 Å². The van der Waals surface area contributed by atoms with Crippen molar-refractivity contribution in [2.24, 2.45) is 0 Å². The van der Waals surface area contributed by atoms with E-state index in [1.54, 1.807) is 0 Å². The zero-order valence-corrected chi connectivity index (χ0v) is 42.0. The maximum Gasteiger partial charge on any atom is 0.137 e. The summed E-state index contributed by atoms with van der Waals surface area (Å²) in [6.07, 6.45) is 12.1. The van der Waals surface area contributed by atoms with Crippen LogP contribution >= 0.6 is 0 Å². The van der Waals surface area contributed by atoms with Gasteiger partial charge in [0.2, 0.25) is 0 Å². The standard InChI is InChI=1S/C62H56N8O2/c1-39-25-41(3)59(42(4)26-39)45-29-47(67-23-21-65(7)37-67)33-51(31-45)71-49-15-17-53-55(35-49)69(57-13-9-11-19-63-57)62-54-18-16-50(36-56(54)70(61(53)62)58-14-10-12-20-64-58)72-52-32-46(60-43(5)27-40(2)28-44(60)6)30-48(34-52)68-24-22-66(8)38-68/h9-36H,37-38H2,1-8H3. The number of nitrogens with zero attached hydrogens (tertiary/aromatic N) is 8. The molecule has 0 atom stereocenters. The number of rotatable bonds is 10. The predicted octanol–water partition coefficient (Wildman–Crippen LogP) is 14.6. The highest BCUT2D eigenvalue weighted by Crippen LogP contribution is 2.45. The molecule has 2 aliphatic rings. The molecule has 0 amide bonds. The lowest BCUT2D eigenvalue weighted by atomic mass is 9.93. The van der Waals surface area contributed by atoms with E-state index in [1.807, 2.05) is 36.7 Å². The van der Waals surface area contributed by atoms with Crippen molar-refractivity contribution in [1.29, 1.82) is 0 Å². The zero-order chi connectivity index (χ0) is 49.4. The van der Waals surface area contributed by atoms with Crippen LogP contribution in [0.25, 0.3) is 66.7 Å². The highest BCUT2D eigenvalue weighted by Gasteiger charge is 2.25. The van der Waals surface area contributed by atoms with Crippen molar-refractivity contribution in [3.8, 4) is 56.9 Å². The van der Waals surface area contributed by atoms with E-state index in [1.165, 1.54) is 44.5 Å². The largest absolute Gasteiger partial charge is 0.457 e. The van der Waals surface area contributed by atoms with Crippen LogP contribution in [0.2, 0.25) is 0 Å². The average Bonchev–Trinajstić information content (AvgIpc) is 4.14. The van der Waals surface area contributed by atoms with Crippen LogP contribution < -0.4 is 19.3 Å². The first-order chi connectivity index (χ1) is 34.9. The van der Waals surface area contributed by atoms with Crippen molar-refractivity contribution in [3.63, 3.8) is 0 Å². The summed E-state index contributed by atoms with van der Waals surface area (Å²) in [5.74, 6) is 4.53. The number of ether oxygens (including phenoxy) is 2. The van der Waals surface area contributed by atoms with Crippen LogP contribution in [-0.2, 0) is 0 Å². The quantitative estimate of drug-likeness (QED) is 0.134. The van der Waals surface area contributed by atoms with Gasteiger partial charge in [-0.05, 0) is 159 Å². The first-order valence-electron chi connectivity index (χ1n) is 24.5. The minimum atomic E-state index is 0.715. The summed E-state index contributed by atoms with van der Waals surface area (Å²) in [5, 5.41) is 2.06. The van der Waals surface area contributed by atoms with Crippen LogP contribution in [0.3, 0.4) is 0 Å². The molecular weight excluding hydrogens is 889 g/mol. The Morgan fingerprint density at radius 3 is 1.19 bits per heavy atom. The summed E-state index contributed by atoms with van der Waals surface area (Å²) in [6, 6.07) is 47.1. The molecule has 0 fully saturated rings. The van der Waals surface area contributed by atoms with E-state index in [0.717, 1.165) is 91.8 Å². The minimum Gasteiger partial charge on any atom is -0.457 e. The van der Waals surface area contributed by atoms with Crippen LogP contribution in [0, 0.1) is 41.5 Å². The maximum absolute atomic E-state index is 6.98. The van der Waals surface area contributed by atoms with Crippen molar-refractivity contribution in [2.75, 3.05) is 37.2 Å². The molecule has 0 spiro atoms. The molecule has 0 saturated carbocycles. The number of anilines is 2. The number of hydrogen-bond acceptors (Lipinski definition) is 8. The van der Waals surface area contributed by atoms with E-state index in [2.05, 4.69) is 218 Å². The molecule has 12 rings (SSSR count). The Bertz CT molecular complexity index is 3540. The van der Waals surface area contributed by atoms with Gasteiger partial charge in [0.25, 0.3) is 0 Å². The van der Waals surface area contributed by atoms with Gasteiger partial charge in [0.1, 0.15) is 34.6 Å². The van der Waals surface area contributed by atoms with E-state index in [-0.39, 0.29) is 0 Å². The molecule has 6 heterocycles. The molecule has 0 unspecified atom stereocenters. The third-order valence-corrected chi connectivity index (χ3v) is 14.0. The van der Waals surface area contributed by atoms with Gasteiger partial charge in [-0.3, -0.25) is 9.13 Å². The Morgan fingerprint density at radius 2 is 0.833 bits per heavy atom. The van der Waals surface area contributed by atoms with Crippen molar-refractivity contribution >= 4 is 44.2 Å². The first-order valence-corrected chi connectivity index (χ1v) is 24.5. The lowest BCUT2D eigenvalue weighted by Gasteiger charge is -2.21. The summed E-state index contributed by atoms with van der Waals surface area (Å²) in [6.45, 7) is 14.6. The molecule has 4 aromatic heterocycles. The molecule has 0 aliphatic carbocycles. The minimum absolute atomic E-state index is 0.715. The normalized spacial score (nSPS) is 13.5. The van der Waals surface area contributed by atoms with E-state index in [0.29, 0.717) is 11.5 Å². The average molecular weight is 945 g/mol. The SMILES string of the molecule is Cc1cc(C)c(-c2cc(Oc3ccc4c(c3)n(-c3ccccn3)c3c5ccc(Oc6cc(-c7c(C)cc(C)cc7C)cc(N7C=CN(C)C7)c6)cc5n(-c5ccccn5)c43)cc(N3C=CN(C)C3)c2)c(C)c1. The van der Waals surface area contributed by atoms with Gasteiger partial charge in [-0.2, -0.15) is 0 Å². The molecule has 10 heteroatoms. The molecule has 0 N–H and O–H groups in total. The van der Waals surface area contributed by atoms with E-state index in [4.69, 9.17) is 19.4 Å². The van der Waals surface area contributed by atoms with Crippen LogP contribution in [0.15, 0.2) is 171 Å². The van der Waals surface area contributed by atoms with Gasteiger partial charge < -0.3 is 29.1 Å². The number of aryl methyl sites for hydroxylation is 6. The third kappa shape index (κ3) is 7.95. The summed E-state index contributed by atoms with van der Waals surface area (Å²) in [5.41, 5.74) is 18.2. The van der Waals surface area contributed by atoms with Gasteiger partial charge in [-0.25, -0.2) is 9.97 Å². The highest BCUT2D eigenvalue weighted by molar-refractivity contribution is 6.20. The van der Waals surface area contributed by atoms with Gasteiger partial charge in [-0.1, -0.05) is 47.5 Å². The topological polar surface area (TPSA) is 67.1 Å². The third-order valence-electron chi connectivity index (χ3n) is 14.0. The molecule has 0 radical (unpaired) electrons. The number of fused-ring (bicyclic) bond motifs is 5. The number of aromatic nitrogens is 4. The van der Waals surface area contributed by atoms with Gasteiger partial charge >= 0.3 is 0 Å². The second-order valence-electron chi connectivity index (χ2n) is 19.6. The second-order valence-corrected chi connectivity index (χ2v) is 19.6.